The fourth-order valence-electron chi connectivity index (χ4n) is 3.61. The van der Waals surface area contributed by atoms with Gasteiger partial charge in [-0.3, -0.25) is 9.88 Å². The number of nitrogens with zero attached hydrogens (tertiary/aromatic N) is 2. The molecular formula is C23H21F3N2O2. The van der Waals surface area contributed by atoms with E-state index in [0.717, 1.165) is 17.4 Å². The van der Waals surface area contributed by atoms with Gasteiger partial charge < -0.3 is 9.84 Å². The zero-order chi connectivity index (χ0) is 21.1. The Balaban J connectivity index is 1.54. The summed E-state index contributed by atoms with van der Waals surface area (Å²) in [6.45, 7) is 1.92. The SMILES string of the molecule is OC(c1cccnc1)c1ccc2c(c1)CN(Cc1cccc(C(F)(F)F)c1)CCO2. The van der Waals surface area contributed by atoms with Crippen molar-refractivity contribution >= 4 is 0 Å². The summed E-state index contributed by atoms with van der Waals surface area (Å²) in [4.78, 5) is 6.09. The van der Waals surface area contributed by atoms with Crippen molar-refractivity contribution in [3.05, 3.63) is 94.8 Å². The lowest BCUT2D eigenvalue weighted by molar-refractivity contribution is -0.137. The minimum Gasteiger partial charge on any atom is -0.492 e. The zero-order valence-electron chi connectivity index (χ0n) is 16.1. The molecule has 1 unspecified atom stereocenters. The molecule has 0 fully saturated rings. The highest BCUT2D eigenvalue weighted by molar-refractivity contribution is 5.41. The number of hydrogen-bond donors (Lipinski definition) is 1. The van der Waals surface area contributed by atoms with Crippen LogP contribution in [0, 0.1) is 0 Å². The molecule has 3 aromatic rings. The summed E-state index contributed by atoms with van der Waals surface area (Å²) < 4.78 is 44.8. The summed E-state index contributed by atoms with van der Waals surface area (Å²) >= 11 is 0. The molecule has 1 aromatic heterocycles. The van der Waals surface area contributed by atoms with Gasteiger partial charge in [0.15, 0.2) is 0 Å². The van der Waals surface area contributed by atoms with Crippen molar-refractivity contribution in [3.8, 4) is 5.75 Å². The van der Waals surface area contributed by atoms with Gasteiger partial charge in [0.25, 0.3) is 0 Å². The Kier molecular flexibility index (Phi) is 5.74. The highest BCUT2D eigenvalue weighted by Crippen LogP contribution is 2.31. The lowest BCUT2D eigenvalue weighted by atomic mass is 10.00. The average molecular weight is 414 g/mol. The highest BCUT2D eigenvalue weighted by atomic mass is 19.4. The number of ether oxygens (including phenoxy) is 1. The molecule has 4 rings (SSSR count). The molecular weight excluding hydrogens is 393 g/mol. The molecule has 0 spiro atoms. The van der Waals surface area contributed by atoms with Crippen LogP contribution in [0.5, 0.6) is 5.75 Å². The van der Waals surface area contributed by atoms with Gasteiger partial charge in [-0.2, -0.15) is 13.2 Å². The number of aromatic nitrogens is 1. The van der Waals surface area contributed by atoms with Gasteiger partial charge in [0.2, 0.25) is 0 Å². The molecule has 4 nitrogen and oxygen atoms in total. The molecule has 0 radical (unpaired) electrons. The number of fused-ring (bicyclic) bond motifs is 1. The van der Waals surface area contributed by atoms with Gasteiger partial charge in [-0.25, -0.2) is 0 Å². The van der Waals surface area contributed by atoms with E-state index in [1.165, 1.54) is 12.1 Å². The van der Waals surface area contributed by atoms with E-state index in [4.69, 9.17) is 4.74 Å². The van der Waals surface area contributed by atoms with Crippen molar-refractivity contribution in [1.29, 1.82) is 0 Å². The third-order valence-electron chi connectivity index (χ3n) is 5.12. The number of aliphatic hydroxyl groups excluding tert-OH is 1. The number of benzene rings is 2. The number of pyridine rings is 1. The molecule has 30 heavy (non-hydrogen) atoms. The summed E-state index contributed by atoms with van der Waals surface area (Å²) in [5.74, 6) is 0.726. The Morgan fingerprint density at radius 2 is 1.93 bits per heavy atom. The van der Waals surface area contributed by atoms with Gasteiger partial charge in [0, 0.05) is 43.2 Å². The lowest BCUT2D eigenvalue weighted by Crippen LogP contribution is -2.25. The van der Waals surface area contributed by atoms with E-state index in [1.807, 2.05) is 23.1 Å². The summed E-state index contributed by atoms with van der Waals surface area (Å²) in [5, 5.41) is 10.7. The first-order chi connectivity index (χ1) is 14.4. The molecule has 2 heterocycles. The van der Waals surface area contributed by atoms with E-state index < -0.39 is 17.8 Å². The van der Waals surface area contributed by atoms with Crippen LogP contribution in [0.1, 0.15) is 33.9 Å². The van der Waals surface area contributed by atoms with Crippen molar-refractivity contribution in [3.63, 3.8) is 0 Å². The minimum atomic E-state index is -4.36. The van der Waals surface area contributed by atoms with Crippen molar-refractivity contribution in [2.24, 2.45) is 0 Å². The van der Waals surface area contributed by atoms with Crippen LogP contribution in [0.25, 0.3) is 0 Å². The molecule has 1 N–H and O–H groups in total. The normalized spacial score (nSPS) is 15.7. The Hall–Kier alpha value is -2.90. The first-order valence-electron chi connectivity index (χ1n) is 9.62. The van der Waals surface area contributed by atoms with Crippen LogP contribution in [0.4, 0.5) is 13.2 Å². The minimum absolute atomic E-state index is 0.377. The maximum Gasteiger partial charge on any atom is 0.416 e. The fourth-order valence-corrected chi connectivity index (χ4v) is 3.61. The summed E-state index contributed by atoms with van der Waals surface area (Å²) in [6, 6.07) is 14.5. The largest absolute Gasteiger partial charge is 0.492 e. The van der Waals surface area contributed by atoms with Crippen LogP contribution in [0.2, 0.25) is 0 Å². The Morgan fingerprint density at radius 1 is 1.07 bits per heavy atom. The van der Waals surface area contributed by atoms with Gasteiger partial charge in [-0.1, -0.05) is 30.3 Å². The standard InChI is InChI=1S/C23H21F3N2O2/c24-23(25,26)20-5-1-3-16(11-20)14-28-9-10-30-21-7-6-17(12-19(21)15-28)22(29)18-4-2-8-27-13-18/h1-8,11-13,22,29H,9-10,14-15H2. The van der Waals surface area contributed by atoms with Crippen molar-refractivity contribution in [2.75, 3.05) is 13.2 Å². The summed E-state index contributed by atoms with van der Waals surface area (Å²) in [7, 11) is 0. The maximum atomic E-state index is 13.0. The number of alkyl halides is 3. The van der Waals surface area contributed by atoms with Crippen molar-refractivity contribution in [1.82, 2.24) is 9.88 Å². The Bertz CT molecular complexity index is 1010. The second-order valence-corrected chi connectivity index (χ2v) is 7.31. The van der Waals surface area contributed by atoms with Crippen LogP contribution in [-0.2, 0) is 19.3 Å². The van der Waals surface area contributed by atoms with Crippen LogP contribution in [0.15, 0.2) is 67.0 Å². The van der Waals surface area contributed by atoms with Crippen LogP contribution >= 0.6 is 0 Å². The van der Waals surface area contributed by atoms with Gasteiger partial charge in [-0.15, -0.1) is 0 Å². The van der Waals surface area contributed by atoms with Gasteiger partial charge in [0.1, 0.15) is 18.5 Å². The summed E-state index contributed by atoms with van der Waals surface area (Å²) in [6.07, 6.45) is -1.91. The summed E-state index contributed by atoms with van der Waals surface area (Å²) in [5.41, 5.74) is 2.24. The van der Waals surface area contributed by atoms with E-state index in [2.05, 4.69) is 4.98 Å². The molecule has 1 atom stereocenters. The smallest absolute Gasteiger partial charge is 0.416 e. The van der Waals surface area contributed by atoms with E-state index in [9.17, 15) is 18.3 Å². The van der Waals surface area contributed by atoms with Crippen molar-refractivity contribution in [2.45, 2.75) is 25.4 Å². The molecule has 2 aromatic carbocycles. The predicted octanol–water partition coefficient (Wildman–Crippen LogP) is 4.58. The molecule has 0 bridgehead atoms. The fraction of sp³-hybridized carbons (Fsp3) is 0.261. The first kappa shape index (κ1) is 20.4. The second kappa shape index (κ2) is 8.45. The molecule has 0 aliphatic carbocycles. The molecule has 0 saturated heterocycles. The van der Waals surface area contributed by atoms with E-state index in [1.54, 1.807) is 30.6 Å². The molecule has 0 amide bonds. The van der Waals surface area contributed by atoms with Gasteiger partial charge >= 0.3 is 6.18 Å². The number of aliphatic hydroxyl groups is 1. The monoisotopic (exact) mass is 414 g/mol. The van der Waals surface area contributed by atoms with Gasteiger partial charge in [-0.05, 0) is 35.4 Å². The molecule has 7 heteroatoms. The predicted molar refractivity (Wildman–Crippen MR) is 106 cm³/mol. The van der Waals surface area contributed by atoms with E-state index in [0.29, 0.717) is 42.9 Å². The lowest BCUT2D eigenvalue weighted by Gasteiger charge is -2.20. The molecule has 1 aliphatic heterocycles. The first-order valence-corrected chi connectivity index (χ1v) is 9.62. The quantitative estimate of drug-likeness (QED) is 0.679. The molecule has 1 aliphatic rings. The van der Waals surface area contributed by atoms with Gasteiger partial charge in [0.05, 0.1) is 5.56 Å². The van der Waals surface area contributed by atoms with Crippen LogP contribution < -0.4 is 4.74 Å². The highest BCUT2D eigenvalue weighted by Gasteiger charge is 2.30. The van der Waals surface area contributed by atoms with Crippen LogP contribution in [-0.4, -0.2) is 28.1 Å². The van der Waals surface area contributed by atoms with E-state index >= 15 is 0 Å². The van der Waals surface area contributed by atoms with Crippen LogP contribution in [0.3, 0.4) is 0 Å². The molecule has 0 saturated carbocycles. The third-order valence-corrected chi connectivity index (χ3v) is 5.12. The zero-order valence-corrected chi connectivity index (χ0v) is 16.1. The topological polar surface area (TPSA) is 45.6 Å². The third kappa shape index (κ3) is 4.63. The van der Waals surface area contributed by atoms with E-state index in [-0.39, 0.29) is 0 Å². The number of rotatable bonds is 4. The molecule has 156 valence electrons. The number of hydrogen-bond acceptors (Lipinski definition) is 4. The maximum absolute atomic E-state index is 13.0. The number of halogens is 3. The Labute approximate surface area is 172 Å². The Morgan fingerprint density at radius 3 is 2.70 bits per heavy atom. The van der Waals surface area contributed by atoms with Crippen molar-refractivity contribution < 1.29 is 23.0 Å². The second-order valence-electron chi connectivity index (χ2n) is 7.31. The average Bonchev–Trinajstić information content (AvgIpc) is 2.94.